The standard InChI is InChI=1S/C13H31NO4Si3/c1-12(14-13(15)16)10-9-11-21(8,17-19(2,3)4)18-20(5,6)7/h9-11H2,1-8H3,(H,15,16). The van der Waals surface area contributed by atoms with Crippen LogP contribution >= 0.6 is 0 Å². The lowest BCUT2D eigenvalue weighted by Crippen LogP contribution is -2.52. The summed E-state index contributed by atoms with van der Waals surface area (Å²) >= 11 is 0. The summed E-state index contributed by atoms with van der Waals surface area (Å²) in [4.78, 5) is 14.1. The molecule has 0 spiro atoms. The molecule has 0 rings (SSSR count). The number of carbonyl (C=O) groups is 1. The largest absolute Gasteiger partial charge is 0.463 e. The zero-order valence-electron chi connectivity index (χ0n) is 14.7. The first-order chi connectivity index (χ1) is 9.22. The molecule has 0 bridgehead atoms. The number of nitrogens with zero attached hydrogens (tertiary/aromatic N) is 1. The average molecular weight is 350 g/mol. The van der Waals surface area contributed by atoms with E-state index in [1.165, 1.54) is 0 Å². The Labute approximate surface area is 132 Å². The maximum Gasteiger partial charge on any atom is 0.431 e. The van der Waals surface area contributed by atoms with Gasteiger partial charge in [0.25, 0.3) is 0 Å². The third-order valence-electron chi connectivity index (χ3n) is 2.50. The molecule has 0 saturated carbocycles. The van der Waals surface area contributed by atoms with E-state index >= 15 is 0 Å². The van der Waals surface area contributed by atoms with E-state index in [4.69, 9.17) is 13.3 Å². The summed E-state index contributed by atoms with van der Waals surface area (Å²) < 4.78 is 12.8. The number of amides is 1. The third kappa shape index (κ3) is 12.0. The quantitative estimate of drug-likeness (QED) is 0.510. The topological polar surface area (TPSA) is 68.1 Å². The Morgan fingerprint density at radius 2 is 1.43 bits per heavy atom. The fraction of sp³-hybridized carbons (Fsp3) is 0.846. The van der Waals surface area contributed by atoms with Crippen molar-refractivity contribution in [2.75, 3.05) is 0 Å². The van der Waals surface area contributed by atoms with Crippen LogP contribution in [0.25, 0.3) is 0 Å². The van der Waals surface area contributed by atoms with Crippen molar-refractivity contribution in [3.8, 4) is 0 Å². The minimum atomic E-state index is -2.21. The van der Waals surface area contributed by atoms with Gasteiger partial charge < -0.3 is 13.3 Å². The van der Waals surface area contributed by atoms with Crippen LogP contribution in [-0.2, 0) is 8.23 Å². The minimum Gasteiger partial charge on any atom is -0.463 e. The van der Waals surface area contributed by atoms with Crippen LogP contribution in [-0.4, -0.2) is 42.1 Å². The van der Waals surface area contributed by atoms with Gasteiger partial charge in [0.1, 0.15) is 0 Å². The normalized spacial score (nSPS) is 14.4. The molecule has 1 amide bonds. The Morgan fingerprint density at radius 1 is 1.00 bits per heavy atom. The van der Waals surface area contributed by atoms with Crippen LogP contribution in [0, 0.1) is 0 Å². The minimum absolute atomic E-state index is 0.653. The number of aliphatic imine (C=N–C) groups is 1. The smallest absolute Gasteiger partial charge is 0.431 e. The summed E-state index contributed by atoms with van der Waals surface area (Å²) in [7, 11) is -5.53. The van der Waals surface area contributed by atoms with Gasteiger partial charge in [-0.1, -0.05) is 0 Å². The van der Waals surface area contributed by atoms with E-state index in [0.29, 0.717) is 12.1 Å². The summed E-state index contributed by atoms with van der Waals surface area (Å²) in [5.41, 5.74) is 0.653. The summed E-state index contributed by atoms with van der Waals surface area (Å²) in [5, 5.41) is 8.63. The van der Waals surface area contributed by atoms with Crippen LogP contribution < -0.4 is 0 Å². The molecular weight excluding hydrogens is 318 g/mol. The molecule has 0 unspecified atom stereocenters. The Hall–Kier alpha value is -0.289. The van der Waals surface area contributed by atoms with Crippen molar-refractivity contribution in [1.29, 1.82) is 0 Å². The van der Waals surface area contributed by atoms with Gasteiger partial charge in [-0.25, -0.2) is 4.79 Å². The predicted molar refractivity (Wildman–Crippen MR) is 95.7 cm³/mol. The van der Waals surface area contributed by atoms with E-state index in [-0.39, 0.29) is 0 Å². The van der Waals surface area contributed by atoms with Gasteiger partial charge in [0.2, 0.25) is 0 Å². The van der Waals surface area contributed by atoms with E-state index in [1.807, 2.05) is 0 Å². The summed E-state index contributed by atoms with van der Waals surface area (Å²) in [6.07, 6.45) is 0.420. The summed E-state index contributed by atoms with van der Waals surface area (Å²) in [5.74, 6) is 0. The molecule has 0 aliphatic rings. The first-order valence-corrected chi connectivity index (χ1v) is 16.7. The number of hydrogen-bond acceptors (Lipinski definition) is 3. The lowest BCUT2D eigenvalue weighted by atomic mass is 10.2. The van der Waals surface area contributed by atoms with Gasteiger partial charge in [-0.2, -0.15) is 4.99 Å². The Morgan fingerprint density at radius 3 is 1.76 bits per heavy atom. The van der Waals surface area contributed by atoms with Crippen molar-refractivity contribution in [3.63, 3.8) is 0 Å². The third-order valence-corrected chi connectivity index (χ3v) is 12.1. The van der Waals surface area contributed by atoms with Gasteiger partial charge in [0.15, 0.2) is 16.6 Å². The maximum atomic E-state index is 10.5. The molecule has 124 valence electrons. The molecule has 5 nitrogen and oxygen atoms in total. The fourth-order valence-electron chi connectivity index (χ4n) is 2.30. The SMILES string of the molecule is CC(CCC[Si](C)(O[Si](C)(C)C)O[Si](C)(C)C)=NC(=O)O. The molecule has 0 aromatic heterocycles. The zero-order valence-corrected chi connectivity index (χ0v) is 17.7. The van der Waals surface area contributed by atoms with Crippen LogP contribution in [0.1, 0.15) is 19.8 Å². The first kappa shape index (κ1) is 20.7. The van der Waals surface area contributed by atoms with E-state index < -0.39 is 31.3 Å². The van der Waals surface area contributed by atoms with Gasteiger partial charge in [-0.05, 0) is 71.6 Å². The molecule has 8 heteroatoms. The lowest BCUT2D eigenvalue weighted by molar-refractivity contribution is 0.205. The van der Waals surface area contributed by atoms with Crippen LogP contribution in [0.4, 0.5) is 4.79 Å². The molecule has 0 radical (unpaired) electrons. The molecule has 0 aromatic rings. The second-order valence-corrected chi connectivity index (χ2v) is 20.4. The monoisotopic (exact) mass is 349 g/mol. The molecule has 0 saturated heterocycles. The Kier molecular flexibility index (Phi) is 7.71. The van der Waals surface area contributed by atoms with Crippen molar-refractivity contribution in [2.24, 2.45) is 4.99 Å². The van der Waals surface area contributed by atoms with E-state index in [2.05, 4.69) is 50.8 Å². The van der Waals surface area contributed by atoms with Gasteiger partial charge in [0, 0.05) is 5.71 Å². The van der Waals surface area contributed by atoms with E-state index in [0.717, 1.165) is 12.5 Å². The van der Waals surface area contributed by atoms with E-state index in [1.54, 1.807) is 6.92 Å². The highest BCUT2D eigenvalue weighted by Crippen LogP contribution is 2.26. The van der Waals surface area contributed by atoms with Gasteiger partial charge in [-0.3, -0.25) is 0 Å². The molecule has 0 aliphatic carbocycles. The fourth-order valence-corrected chi connectivity index (χ4v) is 14.8. The Balaban J connectivity index is 4.73. The highest BCUT2D eigenvalue weighted by atomic mass is 28.5. The highest BCUT2D eigenvalue weighted by Gasteiger charge is 2.39. The van der Waals surface area contributed by atoms with Crippen LogP contribution in [0.15, 0.2) is 4.99 Å². The lowest BCUT2D eigenvalue weighted by Gasteiger charge is -2.38. The van der Waals surface area contributed by atoms with Crippen molar-refractivity contribution in [2.45, 2.75) is 71.6 Å². The highest BCUT2D eigenvalue weighted by molar-refractivity contribution is 6.87. The van der Waals surface area contributed by atoms with Crippen molar-refractivity contribution in [3.05, 3.63) is 0 Å². The molecule has 1 N–H and O–H groups in total. The van der Waals surface area contributed by atoms with Gasteiger partial charge >= 0.3 is 14.7 Å². The number of carboxylic acid groups (broad SMARTS) is 1. The van der Waals surface area contributed by atoms with Gasteiger partial charge in [-0.15, -0.1) is 0 Å². The van der Waals surface area contributed by atoms with Crippen molar-refractivity contribution >= 4 is 37.0 Å². The van der Waals surface area contributed by atoms with Gasteiger partial charge in [0.05, 0.1) is 0 Å². The molecule has 0 heterocycles. The molecule has 0 aliphatic heterocycles. The Bertz CT molecular complexity index is 370. The van der Waals surface area contributed by atoms with Crippen LogP contribution in [0.5, 0.6) is 0 Å². The molecule has 0 atom stereocenters. The second kappa shape index (κ2) is 7.82. The second-order valence-electron chi connectivity index (χ2n) is 7.55. The zero-order chi connectivity index (χ0) is 16.9. The number of rotatable bonds is 8. The summed E-state index contributed by atoms with van der Waals surface area (Å²) in [6, 6.07) is 0.883. The maximum absolute atomic E-state index is 10.5. The number of hydrogen-bond donors (Lipinski definition) is 1. The molecule has 0 fully saturated rings. The van der Waals surface area contributed by atoms with Crippen LogP contribution in [0.3, 0.4) is 0 Å². The molecule has 21 heavy (non-hydrogen) atoms. The molecule has 0 aromatic carbocycles. The van der Waals surface area contributed by atoms with Crippen molar-refractivity contribution < 1.29 is 18.1 Å². The predicted octanol–water partition coefficient (Wildman–Crippen LogP) is 4.68. The molecular formula is C13H31NO4Si3. The summed E-state index contributed by atoms with van der Waals surface area (Å²) in [6.45, 7) is 17.0. The average Bonchev–Trinajstić information content (AvgIpc) is 2.08. The van der Waals surface area contributed by atoms with Crippen LogP contribution in [0.2, 0.25) is 51.9 Å². The van der Waals surface area contributed by atoms with E-state index in [9.17, 15) is 4.79 Å². The van der Waals surface area contributed by atoms with Crippen molar-refractivity contribution in [1.82, 2.24) is 0 Å². The first-order valence-electron chi connectivity index (χ1n) is 7.40.